The molecule has 0 amide bonds. The molecule has 1 fully saturated rings. The maximum Gasteiger partial charge on any atom is 0.208 e. The fourth-order valence-electron chi connectivity index (χ4n) is 1.91. The maximum atomic E-state index is 11.9. The second kappa shape index (κ2) is 5.41. The van der Waals surface area contributed by atoms with E-state index in [-0.39, 0.29) is 11.9 Å². The summed E-state index contributed by atoms with van der Waals surface area (Å²) in [5.41, 5.74) is 0.535. The summed E-state index contributed by atoms with van der Waals surface area (Å²) in [7, 11) is -3.45. The second-order valence-electron chi connectivity index (χ2n) is 4.81. The van der Waals surface area contributed by atoms with E-state index in [0.29, 0.717) is 15.6 Å². The van der Waals surface area contributed by atoms with Crippen LogP contribution in [0.4, 0.5) is 0 Å². The van der Waals surface area contributed by atoms with Crippen LogP contribution in [0.15, 0.2) is 18.2 Å². The fourth-order valence-corrected chi connectivity index (χ4v) is 3.60. The number of rotatable bonds is 3. The van der Waals surface area contributed by atoms with Gasteiger partial charge < -0.3 is 9.47 Å². The molecule has 1 aromatic carbocycles. The largest absolute Gasteiger partial charge is 0.341 e. The van der Waals surface area contributed by atoms with Gasteiger partial charge >= 0.3 is 0 Å². The van der Waals surface area contributed by atoms with Crippen molar-refractivity contribution in [3.63, 3.8) is 0 Å². The molecule has 0 spiro atoms. The molecule has 1 aliphatic heterocycles. The zero-order valence-electron chi connectivity index (χ0n) is 10.8. The molecule has 0 aliphatic carbocycles. The Balaban J connectivity index is 2.48. The summed E-state index contributed by atoms with van der Waals surface area (Å²) < 4.78 is 35.1. The van der Waals surface area contributed by atoms with Gasteiger partial charge in [-0.2, -0.15) is 0 Å². The van der Waals surface area contributed by atoms with E-state index in [4.69, 9.17) is 32.7 Å². The lowest BCUT2D eigenvalue weighted by Gasteiger charge is -2.29. The van der Waals surface area contributed by atoms with Crippen LogP contribution in [0.1, 0.15) is 12.5 Å². The topological polar surface area (TPSA) is 52.6 Å². The van der Waals surface area contributed by atoms with Crippen LogP contribution in [0.2, 0.25) is 10.0 Å². The highest BCUT2D eigenvalue weighted by atomic mass is 79.9. The Morgan fingerprint density at radius 3 is 2.50 bits per heavy atom. The molecular weight excluding hydrogens is 391 g/mol. The summed E-state index contributed by atoms with van der Waals surface area (Å²) in [6.45, 7) is 1.41. The van der Waals surface area contributed by atoms with E-state index in [1.807, 2.05) is 0 Å². The predicted octanol–water partition coefficient (Wildman–Crippen LogP) is 3.35. The van der Waals surface area contributed by atoms with Crippen molar-refractivity contribution >= 4 is 49.0 Å². The molecule has 0 bridgehead atoms. The van der Waals surface area contributed by atoms with Gasteiger partial charge in [0.2, 0.25) is 5.79 Å². The van der Waals surface area contributed by atoms with Crippen molar-refractivity contribution < 1.29 is 17.9 Å². The monoisotopic (exact) mass is 402 g/mol. The average Bonchev–Trinajstić information content (AvgIpc) is 2.69. The number of halogens is 3. The van der Waals surface area contributed by atoms with Crippen molar-refractivity contribution in [2.24, 2.45) is 0 Å². The first-order valence-corrected chi connectivity index (χ1v) is 9.46. The van der Waals surface area contributed by atoms with Gasteiger partial charge in [-0.05, 0) is 19.1 Å². The van der Waals surface area contributed by atoms with Gasteiger partial charge in [0.05, 0.1) is 17.0 Å². The molecule has 0 aromatic heterocycles. The van der Waals surface area contributed by atoms with Gasteiger partial charge in [0, 0.05) is 16.8 Å². The first-order chi connectivity index (χ1) is 9.13. The lowest BCUT2D eigenvalue weighted by atomic mass is 10.1. The zero-order valence-corrected chi connectivity index (χ0v) is 14.7. The number of sulfone groups is 1. The lowest BCUT2D eigenvalue weighted by Crippen LogP contribution is -2.40. The minimum absolute atomic E-state index is 0.0730. The van der Waals surface area contributed by atoms with Gasteiger partial charge in [0.25, 0.3) is 0 Å². The van der Waals surface area contributed by atoms with E-state index >= 15 is 0 Å². The van der Waals surface area contributed by atoms with E-state index in [1.165, 1.54) is 6.92 Å². The Morgan fingerprint density at radius 1 is 1.40 bits per heavy atom. The summed E-state index contributed by atoms with van der Waals surface area (Å²) in [6.07, 6.45) is 1.12. The molecule has 4 nitrogen and oxygen atoms in total. The Morgan fingerprint density at radius 2 is 2.05 bits per heavy atom. The molecule has 2 atom stereocenters. The maximum absolute atomic E-state index is 11.9. The Bertz CT molecular complexity index is 636. The van der Waals surface area contributed by atoms with Crippen molar-refractivity contribution in [2.75, 3.05) is 18.2 Å². The van der Waals surface area contributed by atoms with Gasteiger partial charge in [0.15, 0.2) is 14.8 Å². The van der Waals surface area contributed by atoms with Crippen LogP contribution in [0.3, 0.4) is 0 Å². The summed E-state index contributed by atoms with van der Waals surface area (Å²) in [5, 5.41) is 1.08. The molecule has 2 unspecified atom stereocenters. The molecule has 0 N–H and O–H groups in total. The summed E-state index contributed by atoms with van der Waals surface area (Å²) in [5.74, 6) is -1.25. The third-order valence-electron chi connectivity index (χ3n) is 3.25. The quantitative estimate of drug-likeness (QED) is 0.726. The van der Waals surface area contributed by atoms with Crippen molar-refractivity contribution in [3.8, 4) is 0 Å². The minimum Gasteiger partial charge on any atom is -0.341 e. The van der Waals surface area contributed by atoms with E-state index in [0.717, 1.165) is 6.26 Å². The first-order valence-electron chi connectivity index (χ1n) is 5.69. The van der Waals surface area contributed by atoms with E-state index in [2.05, 4.69) is 15.9 Å². The normalized spacial score (nSPS) is 30.6. The summed E-state index contributed by atoms with van der Waals surface area (Å²) in [6, 6.07) is 4.88. The average molecular weight is 404 g/mol. The molecule has 1 saturated heterocycles. The lowest BCUT2D eigenvalue weighted by molar-refractivity contribution is -0.160. The van der Waals surface area contributed by atoms with E-state index in [9.17, 15) is 8.42 Å². The highest BCUT2D eigenvalue weighted by Gasteiger charge is 2.54. The smallest absolute Gasteiger partial charge is 0.208 e. The SMILES string of the molecule is CC1(S(C)(=O)=O)COC(CBr)(c2ccc(Cl)cc2Cl)O1. The number of ether oxygens (including phenoxy) is 2. The van der Waals surface area contributed by atoms with Crippen molar-refractivity contribution in [3.05, 3.63) is 33.8 Å². The van der Waals surface area contributed by atoms with Gasteiger partial charge in [-0.1, -0.05) is 45.2 Å². The van der Waals surface area contributed by atoms with Crippen LogP contribution in [-0.2, 0) is 25.1 Å². The highest BCUT2D eigenvalue weighted by Crippen LogP contribution is 2.45. The molecule has 20 heavy (non-hydrogen) atoms. The molecule has 1 aromatic rings. The van der Waals surface area contributed by atoms with E-state index < -0.39 is 20.6 Å². The molecule has 0 radical (unpaired) electrons. The number of hydrogen-bond acceptors (Lipinski definition) is 4. The summed E-state index contributed by atoms with van der Waals surface area (Å²) >= 11 is 15.3. The second-order valence-corrected chi connectivity index (χ2v) is 8.62. The molecule has 0 saturated carbocycles. The van der Waals surface area contributed by atoms with Gasteiger partial charge in [-0.3, -0.25) is 0 Å². The third-order valence-corrected chi connectivity index (χ3v) is 6.31. The first kappa shape index (κ1) is 16.5. The molecule has 8 heteroatoms. The van der Waals surface area contributed by atoms with Crippen LogP contribution in [0.25, 0.3) is 0 Å². The van der Waals surface area contributed by atoms with Gasteiger partial charge in [-0.15, -0.1) is 0 Å². The standard InChI is InChI=1S/C12H13BrCl2O4S/c1-11(20(2,16)17)7-18-12(6-13,19-11)9-4-3-8(14)5-10(9)15/h3-5H,6-7H2,1-2H3. The Hall–Kier alpha value is 0.150. The number of alkyl halides is 1. The number of benzene rings is 1. The van der Waals surface area contributed by atoms with Crippen LogP contribution >= 0.6 is 39.1 Å². The van der Waals surface area contributed by atoms with Crippen LogP contribution in [-0.4, -0.2) is 31.5 Å². The zero-order chi connectivity index (χ0) is 15.2. The van der Waals surface area contributed by atoms with Crippen molar-refractivity contribution in [1.82, 2.24) is 0 Å². The van der Waals surface area contributed by atoms with Crippen LogP contribution < -0.4 is 0 Å². The molecular formula is C12H13BrCl2O4S. The molecule has 112 valence electrons. The van der Waals surface area contributed by atoms with Crippen LogP contribution in [0, 0.1) is 0 Å². The highest BCUT2D eigenvalue weighted by molar-refractivity contribution is 9.09. The van der Waals surface area contributed by atoms with Gasteiger partial charge in [0.1, 0.15) is 0 Å². The Kier molecular flexibility index (Phi) is 4.47. The molecule has 2 rings (SSSR count). The van der Waals surface area contributed by atoms with Crippen molar-refractivity contribution in [1.29, 1.82) is 0 Å². The van der Waals surface area contributed by atoms with Gasteiger partial charge in [-0.25, -0.2) is 8.42 Å². The van der Waals surface area contributed by atoms with E-state index in [1.54, 1.807) is 18.2 Å². The molecule has 1 aliphatic rings. The Labute approximate surface area is 136 Å². The van der Waals surface area contributed by atoms with Crippen LogP contribution in [0.5, 0.6) is 0 Å². The summed E-state index contributed by atoms with van der Waals surface area (Å²) in [4.78, 5) is -1.41. The third kappa shape index (κ3) is 2.74. The fraction of sp³-hybridized carbons (Fsp3) is 0.500. The number of hydrogen-bond donors (Lipinski definition) is 0. The predicted molar refractivity (Wildman–Crippen MR) is 82.2 cm³/mol. The minimum atomic E-state index is -3.45. The van der Waals surface area contributed by atoms with Crippen molar-refractivity contribution in [2.45, 2.75) is 17.6 Å². The molecule has 1 heterocycles.